The first-order valence-corrected chi connectivity index (χ1v) is 9.31. The Morgan fingerprint density at radius 3 is 2.43 bits per heavy atom. The van der Waals surface area contributed by atoms with E-state index in [-0.39, 0.29) is 10.7 Å². The second-order valence-electron chi connectivity index (χ2n) is 6.67. The third-order valence-corrected chi connectivity index (χ3v) is 5.13. The normalized spacial score (nSPS) is 14.8. The molecule has 0 amide bonds. The van der Waals surface area contributed by atoms with Gasteiger partial charge in [0, 0.05) is 0 Å². The molecule has 0 saturated heterocycles. The monoisotopic (exact) mass is 387 g/mol. The van der Waals surface area contributed by atoms with Crippen molar-refractivity contribution in [2.75, 3.05) is 5.73 Å². The van der Waals surface area contributed by atoms with E-state index in [0.717, 1.165) is 28.1 Å². The van der Waals surface area contributed by atoms with Gasteiger partial charge in [-0.15, -0.1) is 0 Å². The first-order valence-electron chi connectivity index (χ1n) is 8.91. The fourth-order valence-corrected chi connectivity index (χ4v) is 3.94. The van der Waals surface area contributed by atoms with Gasteiger partial charge in [-0.25, -0.2) is 4.68 Å². The highest BCUT2D eigenvalue weighted by Gasteiger charge is 2.37. The topological polar surface area (TPSA) is 81.8 Å². The van der Waals surface area contributed by atoms with E-state index in [4.69, 9.17) is 27.8 Å². The molecule has 0 spiro atoms. The number of para-hydroxylation sites is 1. The number of nitrogens with two attached hydrogens (primary N) is 1. The van der Waals surface area contributed by atoms with Crippen LogP contribution < -0.4 is 10.5 Å². The average Bonchev–Trinajstić information content (AvgIpc) is 3.04. The molecule has 5 rings (SSSR count). The number of H-pyrrole nitrogens is 1. The van der Waals surface area contributed by atoms with Gasteiger partial charge in [-0.05, 0) is 36.8 Å². The summed E-state index contributed by atoms with van der Waals surface area (Å²) < 4.78 is 8.31. The van der Waals surface area contributed by atoms with Gasteiger partial charge in [0.1, 0.15) is 5.82 Å². The van der Waals surface area contributed by atoms with Gasteiger partial charge in [0.25, 0.3) is 0 Å². The molecule has 1 unspecified atom stereocenters. The van der Waals surface area contributed by atoms with Crippen molar-refractivity contribution < 1.29 is 4.74 Å². The zero-order valence-corrected chi connectivity index (χ0v) is 15.9. The van der Waals surface area contributed by atoms with Crippen molar-refractivity contribution in [3.8, 4) is 17.4 Å². The van der Waals surface area contributed by atoms with Crippen LogP contribution in [0.1, 0.15) is 28.3 Å². The maximum absolute atomic E-state index is 6.33. The van der Waals surface area contributed by atoms with E-state index in [1.54, 1.807) is 4.68 Å². The van der Waals surface area contributed by atoms with E-state index in [0.29, 0.717) is 17.6 Å². The van der Waals surface area contributed by atoms with Crippen LogP contribution in [0.25, 0.3) is 5.69 Å². The second-order valence-corrected chi connectivity index (χ2v) is 7.06. The zero-order chi connectivity index (χ0) is 19.3. The van der Waals surface area contributed by atoms with E-state index in [1.807, 2.05) is 55.5 Å². The molecule has 1 aliphatic rings. The van der Waals surface area contributed by atoms with Crippen molar-refractivity contribution in [2.24, 2.45) is 0 Å². The lowest BCUT2D eigenvalue weighted by atomic mass is 9.84. The number of hydrogen-bond acceptors (Lipinski definition) is 5. The molecule has 1 atom stereocenters. The number of aryl methyl sites for hydroxylation is 1. The summed E-state index contributed by atoms with van der Waals surface area (Å²) in [6, 6.07) is 20.0. The highest BCUT2D eigenvalue weighted by atomic mass is 32.1. The maximum Gasteiger partial charge on any atom is 0.231 e. The van der Waals surface area contributed by atoms with Crippen molar-refractivity contribution in [1.29, 1.82) is 0 Å². The van der Waals surface area contributed by atoms with Crippen LogP contribution in [0.3, 0.4) is 0 Å². The highest BCUT2D eigenvalue weighted by molar-refractivity contribution is 7.71. The van der Waals surface area contributed by atoms with Crippen molar-refractivity contribution in [3.63, 3.8) is 0 Å². The Hall–Kier alpha value is -3.45. The number of rotatable bonds is 2. The minimum Gasteiger partial charge on any atom is -0.420 e. The smallest absolute Gasteiger partial charge is 0.231 e. The van der Waals surface area contributed by atoms with E-state index < -0.39 is 0 Å². The molecule has 0 saturated carbocycles. The maximum atomic E-state index is 6.33. The Kier molecular flexibility index (Phi) is 3.77. The lowest BCUT2D eigenvalue weighted by Crippen LogP contribution is -2.17. The zero-order valence-electron chi connectivity index (χ0n) is 15.1. The molecule has 4 aromatic rings. The standard InChI is InChI=1S/C21H17N5OS/c1-12-15-16(13-8-4-2-5-9-13)17-18(22)23-21(28)24-19(17)27-20(15)26(25-12)14-10-6-3-7-11-14/h2-11,16H,1H3,(H3,22,23,24,28). The Morgan fingerprint density at radius 1 is 1.04 bits per heavy atom. The summed E-state index contributed by atoms with van der Waals surface area (Å²) in [5.74, 6) is 1.36. The van der Waals surface area contributed by atoms with E-state index >= 15 is 0 Å². The molecule has 7 heteroatoms. The summed E-state index contributed by atoms with van der Waals surface area (Å²) in [5, 5.41) is 4.76. The SMILES string of the molecule is Cc1nn(-c2ccccc2)c2c1C(c1ccccc1)c1c(nc(=S)[nH]c1N)O2. The molecule has 0 aliphatic carbocycles. The van der Waals surface area contributed by atoms with Crippen LogP contribution in [0.5, 0.6) is 11.8 Å². The average molecular weight is 387 g/mol. The molecular weight excluding hydrogens is 370 g/mol. The Bertz CT molecular complexity index is 1230. The van der Waals surface area contributed by atoms with Crippen LogP contribution in [0.2, 0.25) is 0 Å². The quantitative estimate of drug-likeness (QED) is 0.436. The minimum atomic E-state index is -0.156. The largest absolute Gasteiger partial charge is 0.420 e. The van der Waals surface area contributed by atoms with Gasteiger partial charge in [0.15, 0.2) is 0 Å². The number of aromatic nitrogens is 4. The fraction of sp³-hybridized carbons (Fsp3) is 0.0952. The third-order valence-electron chi connectivity index (χ3n) is 4.93. The van der Waals surface area contributed by atoms with Gasteiger partial charge < -0.3 is 15.5 Å². The Balaban J connectivity index is 1.82. The predicted molar refractivity (Wildman–Crippen MR) is 110 cm³/mol. The molecule has 1 aliphatic heterocycles. The van der Waals surface area contributed by atoms with Crippen LogP contribution in [0.4, 0.5) is 5.82 Å². The van der Waals surface area contributed by atoms with Crippen LogP contribution in [-0.4, -0.2) is 19.7 Å². The van der Waals surface area contributed by atoms with Crippen molar-refractivity contribution in [1.82, 2.24) is 19.7 Å². The summed E-state index contributed by atoms with van der Waals surface area (Å²) >= 11 is 5.22. The first-order chi connectivity index (χ1) is 13.6. The predicted octanol–water partition coefficient (Wildman–Crippen LogP) is 4.50. The highest BCUT2D eigenvalue weighted by Crippen LogP contribution is 2.49. The first kappa shape index (κ1) is 16.7. The van der Waals surface area contributed by atoms with Gasteiger partial charge >= 0.3 is 0 Å². The van der Waals surface area contributed by atoms with Gasteiger partial charge in [-0.3, -0.25) is 0 Å². The van der Waals surface area contributed by atoms with Crippen molar-refractivity contribution >= 4 is 18.0 Å². The van der Waals surface area contributed by atoms with E-state index in [2.05, 4.69) is 22.1 Å². The van der Waals surface area contributed by atoms with Crippen molar-refractivity contribution in [3.05, 3.63) is 87.8 Å². The Morgan fingerprint density at radius 2 is 1.71 bits per heavy atom. The number of hydrogen-bond donors (Lipinski definition) is 2. The molecule has 138 valence electrons. The number of nitrogens with one attached hydrogen (secondary N) is 1. The summed E-state index contributed by atoms with van der Waals surface area (Å²) in [4.78, 5) is 7.37. The van der Waals surface area contributed by atoms with E-state index in [1.165, 1.54) is 0 Å². The number of aromatic amines is 1. The van der Waals surface area contributed by atoms with Crippen LogP contribution in [0.15, 0.2) is 60.7 Å². The molecular formula is C21H17N5OS. The number of nitrogens with zero attached hydrogens (tertiary/aromatic N) is 3. The summed E-state index contributed by atoms with van der Waals surface area (Å²) in [6.45, 7) is 1.98. The molecule has 3 heterocycles. The number of benzene rings is 2. The van der Waals surface area contributed by atoms with Crippen LogP contribution >= 0.6 is 12.2 Å². The van der Waals surface area contributed by atoms with Gasteiger partial charge in [0.2, 0.25) is 16.5 Å². The molecule has 2 aromatic heterocycles. The van der Waals surface area contributed by atoms with Gasteiger partial charge in [-0.2, -0.15) is 10.1 Å². The second kappa shape index (κ2) is 6.31. The fourth-order valence-electron chi connectivity index (χ4n) is 3.74. The van der Waals surface area contributed by atoms with Crippen LogP contribution in [-0.2, 0) is 0 Å². The minimum absolute atomic E-state index is 0.156. The van der Waals surface area contributed by atoms with Gasteiger partial charge in [0.05, 0.1) is 28.4 Å². The number of ether oxygens (including phenoxy) is 1. The Labute approximate surface area is 166 Å². The van der Waals surface area contributed by atoms with Gasteiger partial charge in [-0.1, -0.05) is 48.5 Å². The molecule has 6 nitrogen and oxygen atoms in total. The number of anilines is 1. The molecule has 0 bridgehead atoms. The number of fused-ring (bicyclic) bond motifs is 2. The van der Waals surface area contributed by atoms with Crippen molar-refractivity contribution in [2.45, 2.75) is 12.8 Å². The van der Waals surface area contributed by atoms with E-state index in [9.17, 15) is 0 Å². The molecule has 0 radical (unpaired) electrons. The summed E-state index contributed by atoms with van der Waals surface area (Å²) in [5.41, 5.74) is 11.0. The summed E-state index contributed by atoms with van der Waals surface area (Å²) in [7, 11) is 0. The molecule has 2 aromatic carbocycles. The molecule has 0 fully saturated rings. The molecule has 3 N–H and O–H groups in total. The molecule has 28 heavy (non-hydrogen) atoms. The summed E-state index contributed by atoms with van der Waals surface area (Å²) in [6.07, 6.45) is 0. The third kappa shape index (κ3) is 2.51. The number of nitrogen functional groups attached to an aromatic ring is 1. The van der Waals surface area contributed by atoms with Crippen LogP contribution in [0, 0.1) is 11.7 Å². The lowest BCUT2D eigenvalue weighted by Gasteiger charge is -2.27. The lowest BCUT2D eigenvalue weighted by molar-refractivity contribution is 0.402.